The van der Waals surface area contributed by atoms with E-state index in [1.807, 2.05) is 0 Å². The van der Waals surface area contributed by atoms with E-state index in [4.69, 9.17) is 33.3 Å². The fourth-order valence-electron chi connectivity index (χ4n) is 3.21. The molecule has 3 aromatic rings. The molecule has 1 aliphatic heterocycles. The molecule has 1 heterocycles. The van der Waals surface area contributed by atoms with Gasteiger partial charge in [0.25, 0.3) is 11.8 Å². The Kier molecular flexibility index (Phi) is 8.50. The zero-order valence-electron chi connectivity index (χ0n) is 18.6. The number of carbonyl (C=O) groups is 2. The van der Waals surface area contributed by atoms with Crippen LogP contribution in [-0.4, -0.2) is 28.3 Å². The van der Waals surface area contributed by atoms with E-state index in [1.165, 1.54) is 13.2 Å². The molecular formula is C25H17ClFIN2O4S2. The molecule has 184 valence electrons. The zero-order chi connectivity index (χ0) is 25.8. The maximum absolute atomic E-state index is 14.0. The number of nitrogens with one attached hydrogen (secondary N) is 1. The molecule has 1 saturated heterocycles. The van der Waals surface area contributed by atoms with Crippen LogP contribution in [0.1, 0.15) is 21.5 Å². The summed E-state index contributed by atoms with van der Waals surface area (Å²) in [7, 11) is 1.50. The van der Waals surface area contributed by atoms with Gasteiger partial charge < -0.3 is 9.47 Å². The first-order chi connectivity index (χ1) is 17.3. The Morgan fingerprint density at radius 3 is 2.64 bits per heavy atom. The van der Waals surface area contributed by atoms with Gasteiger partial charge in [-0.25, -0.2) is 4.39 Å². The first-order valence-corrected chi connectivity index (χ1v) is 13.0. The van der Waals surface area contributed by atoms with E-state index in [-0.39, 0.29) is 16.7 Å². The van der Waals surface area contributed by atoms with Crippen LogP contribution in [0.3, 0.4) is 0 Å². The first-order valence-electron chi connectivity index (χ1n) is 10.3. The lowest BCUT2D eigenvalue weighted by Crippen LogP contribution is -2.44. The van der Waals surface area contributed by atoms with Crippen molar-refractivity contribution < 1.29 is 23.5 Å². The number of amides is 2. The SMILES string of the molecule is COc1cc(/C=C2/SC(=S)N(NC(=O)c3ccc(Cl)cc3)C2=O)cc(I)c1OCc1ccccc1F. The fourth-order valence-corrected chi connectivity index (χ4v) is 5.30. The van der Waals surface area contributed by atoms with Crippen LogP contribution in [0.25, 0.3) is 6.08 Å². The second-order valence-corrected chi connectivity index (χ2v) is 10.7. The quantitative estimate of drug-likeness (QED) is 0.186. The molecule has 1 aliphatic rings. The Balaban J connectivity index is 1.51. The molecule has 3 aromatic carbocycles. The molecule has 0 spiro atoms. The van der Waals surface area contributed by atoms with E-state index in [0.29, 0.717) is 41.7 Å². The van der Waals surface area contributed by atoms with E-state index in [9.17, 15) is 14.0 Å². The number of thiocarbonyl (C=S) groups is 1. The number of benzene rings is 3. The number of methoxy groups -OCH3 is 1. The van der Waals surface area contributed by atoms with Crippen molar-refractivity contribution in [2.24, 2.45) is 0 Å². The van der Waals surface area contributed by atoms with Crippen LogP contribution in [0.5, 0.6) is 11.5 Å². The number of rotatable bonds is 7. The van der Waals surface area contributed by atoms with Crippen LogP contribution in [0, 0.1) is 9.39 Å². The van der Waals surface area contributed by atoms with Crippen LogP contribution in [0.2, 0.25) is 5.02 Å². The predicted molar refractivity (Wildman–Crippen MR) is 150 cm³/mol. The van der Waals surface area contributed by atoms with E-state index in [0.717, 1.165) is 16.8 Å². The van der Waals surface area contributed by atoms with Crippen molar-refractivity contribution in [2.75, 3.05) is 7.11 Å². The highest BCUT2D eigenvalue weighted by Crippen LogP contribution is 2.37. The van der Waals surface area contributed by atoms with Crippen molar-refractivity contribution in [3.05, 3.63) is 96.7 Å². The highest BCUT2D eigenvalue weighted by atomic mass is 127. The van der Waals surface area contributed by atoms with Crippen molar-refractivity contribution in [3.8, 4) is 11.5 Å². The molecule has 0 atom stereocenters. The molecule has 4 rings (SSSR count). The zero-order valence-corrected chi connectivity index (χ0v) is 23.1. The Bertz CT molecular complexity index is 1380. The highest BCUT2D eigenvalue weighted by molar-refractivity contribution is 14.1. The third kappa shape index (κ3) is 6.00. The minimum atomic E-state index is -0.489. The predicted octanol–water partition coefficient (Wildman–Crippen LogP) is 6.22. The summed E-state index contributed by atoms with van der Waals surface area (Å²) >= 11 is 14.3. The monoisotopic (exact) mass is 654 g/mol. The Hall–Kier alpha value is -2.67. The van der Waals surface area contributed by atoms with Crippen LogP contribution >= 0.6 is 58.2 Å². The smallest absolute Gasteiger partial charge is 0.285 e. The number of hydrogen-bond donors (Lipinski definition) is 1. The molecule has 1 N–H and O–H groups in total. The van der Waals surface area contributed by atoms with Gasteiger partial charge in [0.05, 0.1) is 15.6 Å². The van der Waals surface area contributed by atoms with Crippen LogP contribution in [-0.2, 0) is 11.4 Å². The van der Waals surface area contributed by atoms with E-state index in [1.54, 1.807) is 60.7 Å². The second-order valence-electron chi connectivity index (χ2n) is 7.38. The molecule has 0 radical (unpaired) electrons. The van der Waals surface area contributed by atoms with Gasteiger partial charge in [0.2, 0.25) is 0 Å². The minimum absolute atomic E-state index is 0.0321. The standard InChI is InChI=1S/C25H17ClFIN2O4S2/c1-33-20-11-14(10-19(28)22(20)34-13-16-4-2-3-5-18(16)27)12-21-24(32)30(25(35)36-21)29-23(31)15-6-8-17(26)9-7-15/h2-12H,13H2,1H3,(H,29,31)/b21-12+. The summed E-state index contributed by atoms with van der Waals surface area (Å²) in [5, 5.41) is 1.53. The van der Waals surface area contributed by atoms with Crippen molar-refractivity contribution in [1.82, 2.24) is 10.4 Å². The number of halogens is 3. The summed E-state index contributed by atoms with van der Waals surface area (Å²) in [6.07, 6.45) is 1.65. The van der Waals surface area contributed by atoms with Gasteiger partial charge in [-0.1, -0.05) is 41.6 Å². The van der Waals surface area contributed by atoms with Gasteiger partial charge in [-0.2, -0.15) is 5.01 Å². The number of nitrogens with zero attached hydrogens (tertiary/aromatic N) is 1. The summed E-state index contributed by atoms with van der Waals surface area (Å²) in [6.45, 7) is 0.0321. The summed E-state index contributed by atoms with van der Waals surface area (Å²) in [5.74, 6) is -0.413. The first kappa shape index (κ1) is 26.4. The lowest BCUT2D eigenvalue weighted by Gasteiger charge is -2.15. The average Bonchev–Trinajstić information content (AvgIpc) is 3.11. The van der Waals surface area contributed by atoms with Crippen molar-refractivity contribution in [1.29, 1.82) is 0 Å². The normalized spacial score (nSPS) is 14.3. The van der Waals surface area contributed by atoms with Gasteiger partial charge in [0, 0.05) is 16.1 Å². The lowest BCUT2D eigenvalue weighted by atomic mass is 10.1. The molecule has 11 heteroatoms. The van der Waals surface area contributed by atoms with Crippen LogP contribution in [0.4, 0.5) is 4.39 Å². The molecule has 2 amide bonds. The largest absolute Gasteiger partial charge is 0.493 e. The summed E-state index contributed by atoms with van der Waals surface area (Å²) < 4.78 is 26.2. The maximum atomic E-state index is 14.0. The van der Waals surface area contributed by atoms with Crippen molar-refractivity contribution in [3.63, 3.8) is 0 Å². The summed E-state index contributed by atoms with van der Waals surface area (Å²) in [5.41, 5.74) is 3.95. The molecular weight excluding hydrogens is 638 g/mol. The summed E-state index contributed by atoms with van der Waals surface area (Å²) in [6, 6.07) is 16.2. The highest BCUT2D eigenvalue weighted by Gasteiger charge is 2.34. The number of carbonyl (C=O) groups excluding carboxylic acids is 2. The van der Waals surface area contributed by atoms with Gasteiger partial charge >= 0.3 is 0 Å². The molecule has 0 bridgehead atoms. The average molecular weight is 655 g/mol. The third-order valence-corrected chi connectivity index (χ3v) is 7.35. The molecule has 6 nitrogen and oxygen atoms in total. The molecule has 36 heavy (non-hydrogen) atoms. The van der Waals surface area contributed by atoms with Crippen LogP contribution < -0.4 is 14.9 Å². The second kappa shape index (κ2) is 11.6. The van der Waals surface area contributed by atoms with E-state index in [2.05, 4.69) is 28.0 Å². The Morgan fingerprint density at radius 2 is 1.94 bits per heavy atom. The third-order valence-electron chi connectivity index (χ3n) is 4.99. The molecule has 1 fully saturated rings. The molecule has 0 unspecified atom stereocenters. The number of hydrogen-bond acceptors (Lipinski definition) is 6. The van der Waals surface area contributed by atoms with Crippen molar-refractivity contribution >= 4 is 80.4 Å². The van der Waals surface area contributed by atoms with Gasteiger partial charge in [0.15, 0.2) is 15.8 Å². The maximum Gasteiger partial charge on any atom is 0.285 e. The van der Waals surface area contributed by atoms with Gasteiger partial charge in [-0.15, -0.1) is 0 Å². The van der Waals surface area contributed by atoms with E-state index >= 15 is 0 Å². The number of hydrazine groups is 1. The molecule has 0 aromatic heterocycles. The summed E-state index contributed by atoms with van der Waals surface area (Å²) in [4.78, 5) is 25.8. The molecule has 0 aliphatic carbocycles. The molecule has 0 saturated carbocycles. The van der Waals surface area contributed by atoms with Gasteiger partial charge in [-0.3, -0.25) is 15.0 Å². The number of ether oxygens (including phenoxy) is 2. The van der Waals surface area contributed by atoms with Crippen molar-refractivity contribution in [2.45, 2.75) is 6.61 Å². The lowest BCUT2D eigenvalue weighted by molar-refractivity contribution is -0.123. The Morgan fingerprint density at radius 1 is 1.22 bits per heavy atom. The van der Waals surface area contributed by atoms with Crippen LogP contribution in [0.15, 0.2) is 65.6 Å². The van der Waals surface area contributed by atoms with Gasteiger partial charge in [-0.05, 0) is 88.9 Å². The topological polar surface area (TPSA) is 67.9 Å². The fraction of sp³-hybridized carbons (Fsp3) is 0.0800. The number of thioether (sulfide) groups is 1. The van der Waals surface area contributed by atoms with E-state index < -0.39 is 11.8 Å². The Labute approximate surface area is 234 Å². The van der Waals surface area contributed by atoms with Gasteiger partial charge in [0.1, 0.15) is 12.4 Å². The minimum Gasteiger partial charge on any atom is -0.493 e.